The summed E-state index contributed by atoms with van der Waals surface area (Å²) < 4.78 is 39.2. The standard InChI is InChI=1S/C21H18F3N3O3/c1-12(28)26-7-8-27-18(11-26)19(29)25-17-6-5-14(10-16(17)20(27)30)13-3-2-4-15(9-13)21(22,23)24/h2-6,9-10,18H,7-8,11H2,1H3,(H,25,29). The molecule has 2 heterocycles. The van der Waals surface area contributed by atoms with E-state index in [4.69, 9.17) is 0 Å². The fraction of sp³-hybridized carbons (Fsp3) is 0.286. The van der Waals surface area contributed by atoms with Gasteiger partial charge in [-0.2, -0.15) is 13.2 Å². The van der Waals surface area contributed by atoms with Crippen LogP contribution >= 0.6 is 0 Å². The highest BCUT2D eigenvalue weighted by molar-refractivity contribution is 6.10. The van der Waals surface area contributed by atoms with Crippen LogP contribution in [-0.2, 0) is 15.8 Å². The van der Waals surface area contributed by atoms with E-state index < -0.39 is 29.6 Å². The molecule has 0 spiro atoms. The molecule has 4 rings (SSSR count). The lowest BCUT2D eigenvalue weighted by molar-refractivity contribution is -0.137. The molecule has 2 aromatic rings. The van der Waals surface area contributed by atoms with Crippen molar-refractivity contribution >= 4 is 23.4 Å². The van der Waals surface area contributed by atoms with Gasteiger partial charge in [0.15, 0.2) is 0 Å². The number of piperazine rings is 1. The summed E-state index contributed by atoms with van der Waals surface area (Å²) in [5.74, 6) is -0.978. The Hall–Kier alpha value is -3.36. The van der Waals surface area contributed by atoms with Gasteiger partial charge in [0.05, 0.1) is 23.4 Å². The minimum absolute atomic E-state index is 0.0986. The normalized spacial score (nSPS) is 19.0. The summed E-state index contributed by atoms with van der Waals surface area (Å²) in [7, 11) is 0. The molecule has 1 fully saturated rings. The van der Waals surface area contributed by atoms with Crippen LogP contribution in [0.3, 0.4) is 0 Å². The van der Waals surface area contributed by atoms with Crippen LogP contribution in [-0.4, -0.2) is 53.2 Å². The van der Waals surface area contributed by atoms with Gasteiger partial charge in [0.2, 0.25) is 11.8 Å². The maximum atomic E-state index is 13.2. The Morgan fingerprint density at radius 3 is 2.50 bits per heavy atom. The molecule has 2 aliphatic heterocycles. The third-order valence-corrected chi connectivity index (χ3v) is 5.42. The average molecular weight is 417 g/mol. The molecular weight excluding hydrogens is 399 g/mol. The minimum Gasteiger partial charge on any atom is -0.339 e. The number of carbonyl (C=O) groups is 3. The summed E-state index contributed by atoms with van der Waals surface area (Å²) in [6.07, 6.45) is -4.48. The second-order valence-corrected chi connectivity index (χ2v) is 7.31. The summed E-state index contributed by atoms with van der Waals surface area (Å²) in [5, 5.41) is 2.71. The number of benzene rings is 2. The van der Waals surface area contributed by atoms with E-state index in [2.05, 4.69) is 5.32 Å². The Balaban J connectivity index is 1.71. The van der Waals surface area contributed by atoms with Crippen molar-refractivity contribution in [2.45, 2.75) is 19.1 Å². The van der Waals surface area contributed by atoms with E-state index in [1.807, 2.05) is 0 Å². The van der Waals surface area contributed by atoms with Gasteiger partial charge < -0.3 is 15.1 Å². The molecule has 1 unspecified atom stereocenters. The highest BCUT2D eigenvalue weighted by Crippen LogP contribution is 2.34. The van der Waals surface area contributed by atoms with Crippen LogP contribution in [0.2, 0.25) is 0 Å². The topological polar surface area (TPSA) is 69.7 Å². The van der Waals surface area contributed by atoms with E-state index in [1.165, 1.54) is 41.0 Å². The van der Waals surface area contributed by atoms with E-state index in [-0.39, 0.29) is 24.6 Å². The second kappa shape index (κ2) is 7.16. The van der Waals surface area contributed by atoms with Gasteiger partial charge in [-0.15, -0.1) is 0 Å². The van der Waals surface area contributed by atoms with Crippen LogP contribution < -0.4 is 5.32 Å². The van der Waals surface area contributed by atoms with Crippen molar-refractivity contribution in [3.8, 4) is 11.1 Å². The van der Waals surface area contributed by atoms with Crippen LogP contribution in [0.25, 0.3) is 11.1 Å². The smallest absolute Gasteiger partial charge is 0.339 e. The average Bonchev–Trinajstić information content (AvgIpc) is 2.82. The largest absolute Gasteiger partial charge is 0.416 e. The molecule has 1 saturated heterocycles. The number of carbonyl (C=O) groups excluding carboxylic acids is 3. The number of anilines is 1. The van der Waals surface area contributed by atoms with Crippen LogP contribution in [0.5, 0.6) is 0 Å². The highest BCUT2D eigenvalue weighted by atomic mass is 19.4. The molecule has 30 heavy (non-hydrogen) atoms. The first-order valence-corrected chi connectivity index (χ1v) is 9.34. The summed E-state index contributed by atoms with van der Waals surface area (Å²) >= 11 is 0. The fourth-order valence-corrected chi connectivity index (χ4v) is 3.79. The molecular formula is C21H18F3N3O3. The molecule has 0 radical (unpaired) electrons. The fourth-order valence-electron chi connectivity index (χ4n) is 3.79. The molecule has 0 saturated carbocycles. The number of alkyl halides is 3. The number of rotatable bonds is 1. The molecule has 0 aliphatic carbocycles. The van der Waals surface area contributed by atoms with Gasteiger partial charge in [-0.1, -0.05) is 18.2 Å². The first kappa shape index (κ1) is 19.9. The lowest BCUT2D eigenvalue weighted by atomic mass is 9.99. The van der Waals surface area contributed by atoms with E-state index in [0.717, 1.165) is 12.1 Å². The number of fused-ring (bicyclic) bond motifs is 2. The number of nitrogens with one attached hydrogen (secondary N) is 1. The van der Waals surface area contributed by atoms with Crippen molar-refractivity contribution in [3.05, 3.63) is 53.6 Å². The van der Waals surface area contributed by atoms with E-state index in [1.54, 1.807) is 6.07 Å². The molecule has 2 aromatic carbocycles. The molecule has 0 bridgehead atoms. The quantitative estimate of drug-likeness (QED) is 0.776. The first-order valence-electron chi connectivity index (χ1n) is 9.34. The number of nitrogens with zero attached hydrogens (tertiary/aromatic N) is 2. The van der Waals surface area contributed by atoms with Crippen molar-refractivity contribution < 1.29 is 27.6 Å². The molecule has 2 aliphatic rings. The van der Waals surface area contributed by atoms with Crippen LogP contribution in [0.15, 0.2) is 42.5 Å². The number of hydrogen-bond acceptors (Lipinski definition) is 3. The number of amides is 3. The lowest BCUT2D eigenvalue weighted by Gasteiger charge is -2.38. The SMILES string of the molecule is CC(=O)N1CCN2C(=O)c3cc(-c4cccc(C(F)(F)F)c4)ccc3NC(=O)C2C1. The van der Waals surface area contributed by atoms with Crippen LogP contribution in [0.1, 0.15) is 22.8 Å². The molecule has 3 amide bonds. The van der Waals surface area contributed by atoms with Crippen LogP contribution in [0.4, 0.5) is 18.9 Å². The summed E-state index contributed by atoms with van der Waals surface area (Å²) in [4.78, 5) is 40.4. The maximum Gasteiger partial charge on any atom is 0.416 e. The Morgan fingerprint density at radius 2 is 1.80 bits per heavy atom. The van der Waals surface area contributed by atoms with Crippen molar-refractivity contribution in [1.82, 2.24) is 9.80 Å². The monoisotopic (exact) mass is 417 g/mol. The Labute approximate surface area is 170 Å². The molecule has 6 nitrogen and oxygen atoms in total. The predicted octanol–water partition coefficient (Wildman–Crippen LogP) is 3.00. The third-order valence-electron chi connectivity index (χ3n) is 5.42. The number of halogens is 3. The zero-order chi connectivity index (χ0) is 21.6. The minimum atomic E-state index is -4.48. The van der Waals surface area contributed by atoms with Gasteiger partial charge in [0.1, 0.15) is 6.04 Å². The van der Waals surface area contributed by atoms with Gasteiger partial charge in [-0.05, 0) is 35.4 Å². The second-order valence-electron chi connectivity index (χ2n) is 7.31. The summed E-state index contributed by atoms with van der Waals surface area (Å²) in [5.41, 5.74) is 0.466. The van der Waals surface area contributed by atoms with Gasteiger partial charge >= 0.3 is 6.18 Å². The van der Waals surface area contributed by atoms with E-state index in [0.29, 0.717) is 23.4 Å². The molecule has 9 heteroatoms. The first-order chi connectivity index (χ1) is 14.1. The Kier molecular flexibility index (Phi) is 4.76. The van der Waals surface area contributed by atoms with Gasteiger partial charge in [-0.3, -0.25) is 14.4 Å². The number of hydrogen-bond donors (Lipinski definition) is 1. The van der Waals surface area contributed by atoms with Crippen molar-refractivity contribution in [2.75, 3.05) is 25.0 Å². The zero-order valence-electron chi connectivity index (χ0n) is 16.0. The van der Waals surface area contributed by atoms with Crippen molar-refractivity contribution in [1.29, 1.82) is 0 Å². The van der Waals surface area contributed by atoms with Crippen molar-refractivity contribution in [2.24, 2.45) is 0 Å². The Bertz CT molecular complexity index is 1050. The summed E-state index contributed by atoms with van der Waals surface area (Å²) in [6, 6.07) is 8.60. The van der Waals surface area contributed by atoms with Crippen LogP contribution in [0, 0.1) is 0 Å². The van der Waals surface area contributed by atoms with E-state index >= 15 is 0 Å². The highest BCUT2D eigenvalue weighted by Gasteiger charge is 2.40. The van der Waals surface area contributed by atoms with Gasteiger partial charge in [-0.25, -0.2) is 0 Å². The zero-order valence-corrected chi connectivity index (χ0v) is 16.0. The van der Waals surface area contributed by atoms with Crippen molar-refractivity contribution in [3.63, 3.8) is 0 Å². The Morgan fingerprint density at radius 1 is 1.07 bits per heavy atom. The third kappa shape index (κ3) is 3.51. The molecule has 1 N–H and O–H groups in total. The lowest BCUT2D eigenvalue weighted by Crippen LogP contribution is -2.59. The molecule has 156 valence electrons. The maximum absolute atomic E-state index is 13.2. The van der Waals surface area contributed by atoms with Gasteiger partial charge in [0.25, 0.3) is 5.91 Å². The van der Waals surface area contributed by atoms with Gasteiger partial charge in [0, 0.05) is 20.0 Å². The van der Waals surface area contributed by atoms with E-state index in [9.17, 15) is 27.6 Å². The summed E-state index contributed by atoms with van der Waals surface area (Å²) in [6.45, 7) is 2.01. The molecule has 1 atom stereocenters. The predicted molar refractivity (Wildman–Crippen MR) is 103 cm³/mol. The molecule has 0 aromatic heterocycles.